The van der Waals surface area contributed by atoms with E-state index in [0.29, 0.717) is 12.6 Å². The predicted molar refractivity (Wildman–Crippen MR) is 89.8 cm³/mol. The van der Waals surface area contributed by atoms with Gasteiger partial charge in [-0.25, -0.2) is 4.98 Å². The summed E-state index contributed by atoms with van der Waals surface area (Å²) in [5.74, 6) is 0.927. The molecule has 1 heterocycles. The van der Waals surface area contributed by atoms with Crippen LogP contribution >= 0.6 is 27.3 Å². The number of aryl methyl sites for hydroxylation is 1. The standard InChI is InChI=1S/C16H19BrN2OS/c1-2-15-19-13(10-21-15)9-20-16-11(4-3-5-14(16)17)8-18-12-6-7-12/h3-5,10,12,18H,2,6-9H2,1H3. The van der Waals surface area contributed by atoms with Gasteiger partial charge in [-0.15, -0.1) is 11.3 Å². The van der Waals surface area contributed by atoms with Gasteiger partial charge in [-0.3, -0.25) is 0 Å². The topological polar surface area (TPSA) is 34.1 Å². The first-order valence-corrected chi connectivity index (χ1v) is 9.00. The smallest absolute Gasteiger partial charge is 0.138 e. The number of hydrogen-bond donors (Lipinski definition) is 1. The minimum Gasteiger partial charge on any atom is -0.486 e. The zero-order chi connectivity index (χ0) is 14.7. The van der Waals surface area contributed by atoms with Crippen LogP contribution in [-0.2, 0) is 19.6 Å². The Hall–Kier alpha value is -0.910. The average Bonchev–Trinajstić information content (AvgIpc) is 3.21. The van der Waals surface area contributed by atoms with Crippen LogP contribution in [0.5, 0.6) is 5.75 Å². The molecule has 0 aliphatic heterocycles. The second-order valence-electron chi connectivity index (χ2n) is 5.26. The summed E-state index contributed by atoms with van der Waals surface area (Å²) in [6.45, 7) is 3.51. The fourth-order valence-corrected chi connectivity index (χ4v) is 3.37. The van der Waals surface area contributed by atoms with Gasteiger partial charge in [0.15, 0.2) is 0 Å². The molecule has 5 heteroatoms. The van der Waals surface area contributed by atoms with Gasteiger partial charge in [-0.2, -0.15) is 0 Å². The van der Waals surface area contributed by atoms with E-state index in [0.717, 1.165) is 33.9 Å². The molecule has 0 amide bonds. The normalized spacial score (nSPS) is 14.4. The molecule has 1 aromatic carbocycles. The molecule has 3 nitrogen and oxygen atoms in total. The Morgan fingerprint density at radius 2 is 2.29 bits per heavy atom. The maximum absolute atomic E-state index is 6.02. The fraction of sp³-hybridized carbons (Fsp3) is 0.438. The van der Waals surface area contributed by atoms with Gasteiger partial charge in [0.2, 0.25) is 0 Å². The van der Waals surface area contributed by atoms with E-state index in [1.165, 1.54) is 18.4 Å². The molecule has 1 N–H and O–H groups in total. The lowest BCUT2D eigenvalue weighted by atomic mass is 10.2. The van der Waals surface area contributed by atoms with Crippen LogP contribution in [-0.4, -0.2) is 11.0 Å². The minimum atomic E-state index is 0.523. The van der Waals surface area contributed by atoms with Gasteiger partial charge in [0.1, 0.15) is 12.4 Å². The number of halogens is 1. The third kappa shape index (κ3) is 4.05. The highest BCUT2D eigenvalue weighted by Gasteiger charge is 2.21. The van der Waals surface area contributed by atoms with Crippen LogP contribution in [0.15, 0.2) is 28.1 Å². The second kappa shape index (κ2) is 6.90. The van der Waals surface area contributed by atoms with Crippen molar-refractivity contribution >= 4 is 27.3 Å². The SMILES string of the molecule is CCc1nc(COc2c(Br)cccc2CNC2CC2)cs1. The molecular formula is C16H19BrN2OS. The molecule has 0 saturated heterocycles. The quantitative estimate of drug-likeness (QED) is 0.792. The number of nitrogens with zero attached hydrogens (tertiary/aromatic N) is 1. The summed E-state index contributed by atoms with van der Waals surface area (Å²) in [7, 11) is 0. The molecule has 21 heavy (non-hydrogen) atoms. The first-order chi connectivity index (χ1) is 10.3. The Bertz CT molecular complexity index is 610. The molecule has 0 unspecified atom stereocenters. The zero-order valence-electron chi connectivity index (χ0n) is 12.1. The maximum Gasteiger partial charge on any atom is 0.138 e. The average molecular weight is 367 g/mol. The highest BCUT2D eigenvalue weighted by atomic mass is 79.9. The summed E-state index contributed by atoms with van der Waals surface area (Å²) in [5.41, 5.74) is 2.20. The summed E-state index contributed by atoms with van der Waals surface area (Å²) in [6, 6.07) is 6.89. The third-order valence-electron chi connectivity index (χ3n) is 3.47. The Kier molecular flexibility index (Phi) is 4.93. The molecule has 2 aromatic rings. The first-order valence-electron chi connectivity index (χ1n) is 7.33. The summed E-state index contributed by atoms with van der Waals surface area (Å²) in [5, 5.41) is 6.78. The van der Waals surface area contributed by atoms with E-state index < -0.39 is 0 Å². The molecule has 0 atom stereocenters. The lowest BCUT2D eigenvalue weighted by molar-refractivity contribution is 0.296. The lowest BCUT2D eigenvalue weighted by Gasteiger charge is -2.13. The van der Waals surface area contributed by atoms with Crippen LogP contribution < -0.4 is 10.1 Å². The number of rotatable bonds is 7. The van der Waals surface area contributed by atoms with Gasteiger partial charge in [0.25, 0.3) is 0 Å². The van der Waals surface area contributed by atoms with Crippen LogP contribution in [0.2, 0.25) is 0 Å². The number of benzene rings is 1. The van der Waals surface area contributed by atoms with Gasteiger partial charge in [0.05, 0.1) is 15.2 Å². The van der Waals surface area contributed by atoms with Gasteiger partial charge >= 0.3 is 0 Å². The molecule has 0 spiro atoms. The number of thiazole rings is 1. The second-order valence-corrected chi connectivity index (χ2v) is 7.06. The molecule has 0 bridgehead atoms. The van der Waals surface area contributed by atoms with Crippen molar-refractivity contribution in [2.24, 2.45) is 0 Å². The largest absolute Gasteiger partial charge is 0.486 e. The van der Waals surface area contributed by atoms with Crippen LogP contribution in [0, 0.1) is 0 Å². The zero-order valence-corrected chi connectivity index (χ0v) is 14.5. The van der Waals surface area contributed by atoms with E-state index in [1.807, 2.05) is 6.07 Å². The fourth-order valence-electron chi connectivity index (χ4n) is 2.12. The predicted octanol–water partition coefficient (Wildman–Crippen LogP) is 4.30. The van der Waals surface area contributed by atoms with Crippen LogP contribution in [0.1, 0.15) is 36.0 Å². The van der Waals surface area contributed by atoms with Crippen molar-refractivity contribution in [1.82, 2.24) is 10.3 Å². The van der Waals surface area contributed by atoms with Crippen molar-refractivity contribution in [2.45, 2.75) is 45.4 Å². The van der Waals surface area contributed by atoms with Gasteiger partial charge < -0.3 is 10.1 Å². The Morgan fingerprint density at radius 3 is 3.00 bits per heavy atom. The van der Waals surface area contributed by atoms with Gasteiger partial charge in [0, 0.05) is 23.5 Å². The number of para-hydroxylation sites is 1. The molecule has 1 fully saturated rings. The molecule has 1 saturated carbocycles. The number of aromatic nitrogens is 1. The minimum absolute atomic E-state index is 0.523. The van der Waals surface area contributed by atoms with E-state index in [2.05, 4.69) is 50.7 Å². The lowest BCUT2D eigenvalue weighted by Crippen LogP contribution is -2.16. The Labute approximate surface area is 137 Å². The van der Waals surface area contributed by atoms with Crippen molar-refractivity contribution < 1.29 is 4.74 Å². The van der Waals surface area contributed by atoms with E-state index in [-0.39, 0.29) is 0 Å². The summed E-state index contributed by atoms with van der Waals surface area (Å²) in [6.07, 6.45) is 3.57. The monoisotopic (exact) mass is 366 g/mol. The van der Waals surface area contributed by atoms with E-state index >= 15 is 0 Å². The number of hydrogen-bond acceptors (Lipinski definition) is 4. The van der Waals surface area contributed by atoms with Crippen molar-refractivity contribution in [3.8, 4) is 5.75 Å². The van der Waals surface area contributed by atoms with E-state index in [4.69, 9.17) is 4.74 Å². The highest BCUT2D eigenvalue weighted by Crippen LogP contribution is 2.31. The molecular weight excluding hydrogens is 348 g/mol. The highest BCUT2D eigenvalue weighted by molar-refractivity contribution is 9.10. The Balaban J connectivity index is 1.67. The summed E-state index contributed by atoms with van der Waals surface area (Å²) < 4.78 is 7.03. The summed E-state index contributed by atoms with van der Waals surface area (Å²) in [4.78, 5) is 4.55. The van der Waals surface area contributed by atoms with Gasteiger partial charge in [-0.05, 0) is 41.3 Å². The number of ether oxygens (including phenoxy) is 1. The molecule has 112 valence electrons. The van der Waals surface area contributed by atoms with E-state index in [1.54, 1.807) is 11.3 Å². The molecule has 0 radical (unpaired) electrons. The number of nitrogens with one attached hydrogen (secondary N) is 1. The van der Waals surface area contributed by atoms with E-state index in [9.17, 15) is 0 Å². The van der Waals surface area contributed by atoms with Crippen molar-refractivity contribution in [2.75, 3.05) is 0 Å². The molecule has 3 rings (SSSR count). The van der Waals surface area contributed by atoms with Gasteiger partial charge in [-0.1, -0.05) is 19.1 Å². The van der Waals surface area contributed by atoms with Crippen LogP contribution in [0.4, 0.5) is 0 Å². The van der Waals surface area contributed by atoms with Crippen molar-refractivity contribution in [3.05, 3.63) is 44.3 Å². The molecule has 1 aliphatic rings. The molecule has 1 aliphatic carbocycles. The van der Waals surface area contributed by atoms with Crippen LogP contribution in [0.25, 0.3) is 0 Å². The maximum atomic E-state index is 6.02. The summed E-state index contributed by atoms with van der Waals surface area (Å²) >= 11 is 5.29. The van der Waals surface area contributed by atoms with Crippen molar-refractivity contribution in [1.29, 1.82) is 0 Å². The van der Waals surface area contributed by atoms with Crippen LogP contribution in [0.3, 0.4) is 0 Å². The Morgan fingerprint density at radius 1 is 1.43 bits per heavy atom. The first kappa shape index (κ1) is 15.0. The van der Waals surface area contributed by atoms with Crippen molar-refractivity contribution in [3.63, 3.8) is 0 Å². The third-order valence-corrected chi connectivity index (χ3v) is 5.14. The molecule has 1 aromatic heterocycles.